The first kappa shape index (κ1) is 12.3. The molecule has 2 fully saturated rings. The van der Waals surface area contributed by atoms with Crippen molar-refractivity contribution >= 4 is 22.2 Å². The summed E-state index contributed by atoms with van der Waals surface area (Å²) in [6.45, 7) is 2.22. The van der Waals surface area contributed by atoms with Gasteiger partial charge in [0, 0.05) is 6.04 Å². The van der Waals surface area contributed by atoms with E-state index < -0.39 is 9.84 Å². The number of rotatable bonds is 1. The van der Waals surface area contributed by atoms with E-state index in [1.54, 1.807) is 0 Å². The molecule has 0 aromatic rings. The molecule has 0 aliphatic carbocycles. The van der Waals surface area contributed by atoms with Gasteiger partial charge in [0.25, 0.3) is 0 Å². The van der Waals surface area contributed by atoms with Gasteiger partial charge >= 0.3 is 0 Å². The van der Waals surface area contributed by atoms with E-state index in [1.807, 2.05) is 0 Å². The lowest BCUT2D eigenvalue weighted by Gasteiger charge is -2.31. The number of halogens is 1. The summed E-state index contributed by atoms with van der Waals surface area (Å²) in [5.74, 6) is 0.821. The zero-order chi connectivity index (χ0) is 9.31. The van der Waals surface area contributed by atoms with Gasteiger partial charge in [0.1, 0.15) is 0 Å². The summed E-state index contributed by atoms with van der Waals surface area (Å²) < 4.78 is 22.5. The maximum absolute atomic E-state index is 11.3. The van der Waals surface area contributed by atoms with Crippen LogP contribution in [0.1, 0.15) is 25.7 Å². The first-order chi connectivity index (χ1) is 6.17. The van der Waals surface area contributed by atoms with Gasteiger partial charge in [-0.2, -0.15) is 0 Å². The molecular weight excluding hydrogens is 222 g/mol. The van der Waals surface area contributed by atoms with E-state index in [1.165, 1.54) is 19.3 Å². The molecule has 2 aliphatic heterocycles. The first-order valence-electron chi connectivity index (χ1n) is 5.12. The standard InChI is InChI=1S/C9H17NO2S.ClH/c11-13(12)7-4-9(8-13)10-5-2-1-3-6-10;/h9H,1-8H2;1H. The van der Waals surface area contributed by atoms with Crippen molar-refractivity contribution in [2.45, 2.75) is 31.7 Å². The molecule has 0 spiro atoms. The Balaban J connectivity index is 0.000000980. The van der Waals surface area contributed by atoms with Crippen LogP contribution in [0, 0.1) is 0 Å². The van der Waals surface area contributed by atoms with E-state index in [2.05, 4.69) is 4.90 Å². The van der Waals surface area contributed by atoms with Gasteiger partial charge < -0.3 is 0 Å². The third-order valence-corrected chi connectivity index (χ3v) is 4.87. The molecule has 0 bridgehead atoms. The van der Waals surface area contributed by atoms with E-state index in [0.29, 0.717) is 17.5 Å². The van der Waals surface area contributed by atoms with Crippen molar-refractivity contribution in [2.75, 3.05) is 24.6 Å². The van der Waals surface area contributed by atoms with Crippen molar-refractivity contribution in [3.63, 3.8) is 0 Å². The maximum atomic E-state index is 11.3. The molecule has 0 radical (unpaired) electrons. The Morgan fingerprint density at radius 3 is 2.21 bits per heavy atom. The quantitative estimate of drug-likeness (QED) is 0.687. The third-order valence-electron chi connectivity index (χ3n) is 3.12. The fraction of sp³-hybridized carbons (Fsp3) is 1.00. The second kappa shape index (κ2) is 4.81. The molecule has 0 amide bonds. The molecule has 2 saturated heterocycles. The van der Waals surface area contributed by atoms with Crippen LogP contribution in [-0.4, -0.2) is 44.0 Å². The normalized spacial score (nSPS) is 32.4. The Kier molecular flexibility index (Phi) is 4.22. The van der Waals surface area contributed by atoms with E-state index in [-0.39, 0.29) is 12.4 Å². The molecule has 0 N–H and O–H groups in total. The summed E-state index contributed by atoms with van der Waals surface area (Å²) in [6, 6.07) is 0.338. The molecule has 2 heterocycles. The maximum Gasteiger partial charge on any atom is 0.151 e. The second-order valence-corrected chi connectivity index (χ2v) is 6.38. The number of hydrogen-bond acceptors (Lipinski definition) is 3. The summed E-state index contributed by atoms with van der Waals surface area (Å²) >= 11 is 0. The van der Waals surface area contributed by atoms with Crippen molar-refractivity contribution in [3.05, 3.63) is 0 Å². The van der Waals surface area contributed by atoms with Crippen molar-refractivity contribution in [1.29, 1.82) is 0 Å². The van der Waals surface area contributed by atoms with Gasteiger partial charge in [0.15, 0.2) is 9.84 Å². The Bertz CT molecular complexity index is 273. The van der Waals surface area contributed by atoms with Crippen LogP contribution in [0.15, 0.2) is 0 Å². The highest BCUT2D eigenvalue weighted by molar-refractivity contribution is 7.91. The topological polar surface area (TPSA) is 37.4 Å². The molecule has 1 atom stereocenters. The van der Waals surface area contributed by atoms with Gasteiger partial charge in [0.2, 0.25) is 0 Å². The molecule has 0 aromatic heterocycles. The lowest BCUT2D eigenvalue weighted by atomic mass is 10.1. The van der Waals surface area contributed by atoms with Crippen molar-refractivity contribution in [2.24, 2.45) is 0 Å². The smallest absolute Gasteiger partial charge is 0.151 e. The SMILES string of the molecule is Cl.O=S1(=O)CCC(N2CCCCC2)C1. The molecule has 84 valence electrons. The zero-order valence-corrected chi connectivity index (χ0v) is 9.95. The fourth-order valence-corrected chi connectivity index (χ4v) is 4.11. The molecule has 5 heteroatoms. The highest BCUT2D eigenvalue weighted by Crippen LogP contribution is 2.21. The predicted molar refractivity (Wildman–Crippen MR) is 59.7 cm³/mol. The van der Waals surface area contributed by atoms with Crippen molar-refractivity contribution in [3.8, 4) is 0 Å². The van der Waals surface area contributed by atoms with Crippen LogP contribution in [0.2, 0.25) is 0 Å². The first-order valence-corrected chi connectivity index (χ1v) is 6.94. The number of nitrogens with zero attached hydrogens (tertiary/aromatic N) is 1. The van der Waals surface area contributed by atoms with E-state index in [9.17, 15) is 8.42 Å². The summed E-state index contributed by atoms with van der Waals surface area (Å²) in [5.41, 5.74) is 0. The van der Waals surface area contributed by atoms with Crippen LogP contribution < -0.4 is 0 Å². The Morgan fingerprint density at radius 1 is 1.07 bits per heavy atom. The lowest BCUT2D eigenvalue weighted by Crippen LogP contribution is -2.39. The Hall–Kier alpha value is 0.200. The van der Waals surface area contributed by atoms with E-state index >= 15 is 0 Å². The molecule has 14 heavy (non-hydrogen) atoms. The number of likely N-dealkylation sites (tertiary alicyclic amines) is 1. The summed E-state index contributed by atoms with van der Waals surface area (Å²) in [5, 5.41) is 0. The van der Waals surface area contributed by atoms with Crippen molar-refractivity contribution in [1.82, 2.24) is 4.90 Å². The molecule has 2 aliphatic rings. The largest absolute Gasteiger partial charge is 0.299 e. The average molecular weight is 240 g/mol. The molecule has 0 aromatic carbocycles. The monoisotopic (exact) mass is 239 g/mol. The van der Waals surface area contributed by atoms with Gasteiger partial charge in [-0.25, -0.2) is 8.42 Å². The average Bonchev–Trinajstić information content (AvgIpc) is 2.48. The summed E-state index contributed by atoms with van der Waals surface area (Å²) in [7, 11) is -2.69. The van der Waals surface area contributed by atoms with Crippen LogP contribution in [0.3, 0.4) is 0 Å². The van der Waals surface area contributed by atoms with Crippen LogP contribution in [-0.2, 0) is 9.84 Å². The third kappa shape index (κ3) is 2.84. The van der Waals surface area contributed by atoms with Crippen LogP contribution in [0.4, 0.5) is 0 Å². The minimum absolute atomic E-state index is 0. The summed E-state index contributed by atoms with van der Waals surface area (Å²) in [4.78, 5) is 2.37. The minimum Gasteiger partial charge on any atom is -0.299 e. The van der Waals surface area contributed by atoms with Gasteiger partial charge in [0.05, 0.1) is 11.5 Å². The Labute approximate surface area is 92.2 Å². The molecule has 1 unspecified atom stereocenters. The van der Waals surface area contributed by atoms with Crippen LogP contribution >= 0.6 is 12.4 Å². The molecule has 2 rings (SSSR count). The molecule has 3 nitrogen and oxygen atoms in total. The zero-order valence-electron chi connectivity index (χ0n) is 8.31. The predicted octanol–water partition coefficient (Wildman–Crippen LogP) is 1.08. The number of piperidine rings is 1. The summed E-state index contributed by atoms with van der Waals surface area (Å²) in [6.07, 6.45) is 4.67. The highest BCUT2D eigenvalue weighted by Gasteiger charge is 2.32. The van der Waals surface area contributed by atoms with E-state index in [4.69, 9.17) is 0 Å². The van der Waals surface area contributed by atoms with Gasteiger partial charge in [-0.05, 0) is 32.4 Å². The molecule has 0 saturated carbocycles. The number of hydrogen-bond donors (Lipinski definition) is 0. The van der Waals surface area contributed by atoms with Gasteiger partial charge in [-0.15, -0.1) is 12.4 Å². The fourth-order valence-electron chi connectivity index (χ4n) is 2.35. The van der Waals surface area contributed by atoms with Crippen LogP contribution in [0.5, 0.6) is 0 Å². The lowest BCUT2D eigenvalue weighted by molar-refractivity contribution is 0.177. The minimum atomic E-state index is -2.69. The van der Waals surface area contributed by atoms with E-state index in [0.717, 1.165) is 19.5 Å². The van der Waals surface area contributed by atoms with Crippen molar-refractivity contribution < 1.29 is 8.42 Å². The molecular formula is C9H18ClNO2S. The van der Waals surface area contributed by atoms with Gasteiger partial charge in [-0.1, -0.05) is 6.42 Å². The van der Waals surface area contributed by atoms with Crippen LogP contribution in [0.25, 0.3) is 0 Å². The Morgan fingerprint density at radius 2 is 1.71 bits per heavy atom. The highest BCUT2D eigenvalue weighted by atomic mass is 35.5. The van der Waals surface area contributed by atoms with Gasteiger partial charge in [-0.3, -0.25) is 4.90 Å². The second-order valence-electron chi connectivity index (χ2n) is 4.15. The number of sulfone groups is 1.